The first kappa shape index (κ1) is 13.5. The SMILES string of the molecule is CCNC(C)CCc1c(Cl)c(CC)nn1C. The molecule has 1 atom stereocenters. The van der Waals surface area contributed by atoms with Gasteiger partial charge in [-0.15, -0.1) is 0 Å². The normalized spacial score (nSPS) is 13.1. The predicted octanol–water partition coefficient (Wildman–Crippen LogP) is 2.57. The first-order chi connectivity index (χ1) is 7.60. The minimum atomic E-state index is 0.529. The molecule has 1 N–H and O–H groups in total. The van der Waals surface area contributed by atoms with E-state index in [1.54, 1.807) is 0 Å². The molecule has 0 saturated carbocycles. The van der Waals surface area contributed by atoms with Crippen molar-refractivity contribution in [3.05, 3.63) is 16.4 Å². The van der Waals surface area contributed by atoms with Crippen LogP contribution in [-0.4, -0.2) is 22.4 Å². The maximum Gasteiger partial charge on any atom is 0.0849 e. The Morgan fingerprint density at radius 2 is 2.12 bits per heavy atom. The van der Waals surface area contributed by atoms with Crippen LogP contribution < -0.4 is 5.32 Å². The highest BCUT2D eigenvalue weighted by molar-refractivity contribution is 6.31. The van der Waals surface area contributed by atoms with Crippen LogP contribution in [0.5, 0.6) is 0 Å². The Kier molecular flexibility index (Phi) is 5.29. The zero-order chi connectivity index (χ0) is 12.1. The summed E-state index contributed by atoms with van der Waals surface area (Å²) < 4.78 is 1.92. The molecule has 4 heteroatoms. The summed E-state index contributed by atoms with van der Waals surface area (Å²) in [5.41, 5.74) is 2.17. The van der Waals surface area contributed by atoms with E-state index in [1.807, 2.05) is 11.7 Å². The van der Waals surface area contributed by atoms with Crippen LogP contribution in [0, 0.1) is 0 Å². The second-order valence-corrected chi connectivity index (χ2v) is 4.56. The highest BCUT2D eigenvalue weighted by Crippen LogP contribution is 2.22. The lowest BCUT2D eigenvalue weighted by Crippen LogP contribution is -2.26. The number of nitrogens with zero attached hydrogens (tertiary/aromatic N) is 2. The van der Waals surface area contributed by atoms with E-state index in [2.05, 4.69) is 31.2 Å². The van der Waals surface area contributed by atoms with Crippen molar-refractivity contribution in [2.45, 2.75) is 46.1 Å². The van der Waals surface area contributed by atoms with Crippen LogP contribution >= 0.6 is 11.6 Å². The molecule has 0 radical (unpaired) electrons. The van der Waals surface area contributed by atoms with Gasteiger partial charge in [-0.25, -0.2) is 0 Å². The van der Waals surface area contributed by atoms with Crippen molar-refractivity contribution in [1.29, 1.82) is 0 Å². The largest absolute Gasteiger partial charge is 0.315 e. The lowest BCUT2D eigenvalue weighted by molar-refractivity contribution is 0.520. The second-order valence-electron chi connectivity index (χ2n) is 4.18. The molecule has 0 fully saturated rings. The Labute approximate surface area is 103 Å². The Hall–Kier alpha value is -0.540. The van der Waals surface area contributed by atoms with Gasteiger partial charge in [-0.2, -0.15) is 5.10 Å². The molecule has 0 aromatic carbocycles. The molecule has 1 unspecified atom stereocenters. The summed E-state index contributed by atoms with van der Waals surface area (Å²) in [6.45, 7) is 7.43. The number of aryl methyl sites for hydroxylation is 2. The van der Waals surface area contributed by atoms with E-state index in [-0.39, 0.29) is 0 Å². The average Bonchev–Trinajstić information content (AvgIpc) is 2.52. The summed E-state index contributed by atoms with van der Waals surface area (Å²) >= 11 is 6.29. The van der Waals surface area contributed by atoms with E-state index in [0.717, 1.165) is 42.2 Å². The molecule has 0 saturated heterocycles. The fourth-order valence-electron chi connectivity index (χ4n) is 1.90. The molecule has 0 aliphatic carbocycles. The molecule has 1 heterocycles. The van der Waals surface area contributed by atoms with Gasteiger partial charge in [0.1, 0.15) is 0 Å². The van der Waals surface area contributed by atoms with Gasteiger partial charge in [-0.3, -0.25) is 4.68 Å². The molecule has 1 rings (SSSR count). The van der Waals surface area contributed by atoms with Crippen LogP contribution in [0.3, 0.4) is 0 Å². The first-order valence-corrected chi connectivity index (χ1v) is 6.41. The molecule has 0 aliphatic heterocycles. The summed E-state index contributed by atoms with van der Waals surface area (Å²) in [6.07, 6.45) is 2.97. The van der Waals surface area contributed by atoms with Crippen LogP contribution in [0.15, 0.2) is 0 Å². The van der Waals surface area contributed by atoms with Crippen LogP contribution in [0.1, 0.15) is 38.6 Å². The minimum absolute atomic E-state index is 0.529. The van der Waals surface area contributed by atoms with E-state index >= 15 is 0 Å². The fourth-order valence-corrected chi connectivity index (χ4v) is 2.28. The molecule has 0 bridgehead atoms. The van der Waals surface area contributed by atoms with Gasteiger partial charge in [0, 0.05) is 13.1 Å². The second kappa shape index (κ2) is 6.26. The van der Waals surface area contributed by atoms with Gasteiger partial charge in [0.2, 0.25) is 0 Å². The highest BCUT2D eigenvalue weighted by Gasteiger charge is 2.13. The van der Waals surface area contributed by atoms with Gasteiger partial charge < -0.3 is 5.32 Å². The Bertz CT molecular complexity index is 333. The van der Waals surface area contributed by atoms with E-state index in [9.17, 15) is 0 Å². The highest BCUT2D eigenvalue weighted by atomic mass is 35.5. The zero-order valence-corrected chi connectivity index (χ0v) is 11.4. The number of halogens is 1. The third-order valence-electron chi connectivity index (χ3n) is 2.87. The summed E-state index contributed by atoms with van der Waals surface area (Å²) in [7, 11) is 1.97. The smallest absolute Gasteiger partial charge is 0.0849 e. The van der Waals surface area contributed by atoms with Crippen molar-refractivity contribution in [3.8, 4) is 0 Å². The van der Waals surface area contributed by atoms with E-state index in [1.165, 1.54) is 0 Å². The first-order valence-electron chi connectivity index (χ1n) is 6.03. The van der Waals surface area contributed by atoms with Gasteiger partial charge in [0.25, 0.3) is 0 Å². The summed E-state index contributed by atoms with van der Waals surface area (Å²) in [6, 6.07) is 0.529. The van der Waals surface area contributed by atoms with Crippen molar-refractivity contribution in [2.24, 2.45) is 7.05 Å². The predicted molar refractivity (Wildman–Crippen MR) is 69.1 cm³/mol. The number of hydrogen-bond donors (Lipinski definition) is 1. The number of hydrogen-bond acceptors (Lipinski definition) is 2. The van der Waals surface area contributed by atoms with Gasteiger partial charge in [-0.1, -0.05) is 25.4 Å². The van der Waals surface area contributed by atoms with Crippen molar-refractivity contribution in [1.82, 2.24) is 15.1 Å². The number of nitrogens with one attached hydrogen (secondary N) is 1. The molecular weight excluding hydrogens is 222 g/mol. The summed E-state index contributed by atoms with van der Waals surface area (Å²) in [5, 5.41) is 8.67. The van der Waals surface area contributed by atoms with Crippen molar-refractivity contribution >= 4 is 11.6 Å². The molecule has 0 aliphatic rings. The molecule has 3 nitrogen and oxygen atoms in total. The Morgan fingerprint density at radius 1 is 1.44 bits per heavy atom. The summed E-state index contributed by atoms with van der Waals surface area (Å²) in [4.78, 5) is 0. The zero-order valence-electron chi connectivity index (χ0n) is 10.7. The number of rotatable bonds is 6. The van der Waals surface area contributed by atoms with Crippen molar-refractivity contribution in [2.75, 3.05) is 6.54 Å². The number of aromatic nitrogens is 2. The van der Waals surface area contributed by atoms with E-state index in [4.69, 9.17) is 11.6 Å². The molecule has 92 valence electrons. The molecule has 1 aromatic rings. The average molecular weight is 244 g/mol. The molecular formula is C12H22ClN3. The maximum absolute atomic E-state index is 6.29. The lowest BCUT2D eigenvalue weighted by atomic mass is 10.1. The van der Waals surface area contributed by atoms with Crippen LogP contribution in [0.25, 0.3) is 0 Å². The standard InChI is InChI=1S/C12H22ClN3/c1-5-10-12(13)11(16(4)15-10)8-7-9(3)14-6-2/h9,14H,5-8H2,1-4H3. The molecule has 0 amide bonds. The maximum atomic E-state index is 6.29. The van der Waals surface area contributed by atoms with Crippen molar-refractivity contribution in [3.63, 3.8) is 0 Å². The third-order valence-corrected chi connectivity index (χ3v) is 3.31. The van der Waals surface area contributed by atoms with Crippen LogP contribution in [-0.2, 0) is 19.9 Å². The third kappa shape index (κ3) is 3.22. The lowest BCUT2D eigenvalue weighted by Gasteiger charge is -2.11. The van der Waals surface area contributed by atoms with Crippen LogP contribution in [0.2, 0.25) is 5.02 Å². The Balaban J connectivity index is 2.63. The molecule has 0 spiro atoms. The molecule has 16 heavy (non-hydrogen) atoms. The van der Waals surface area contributed by atoms with Crippen LogP contribution in [0.4, 0.5) is 0 Å². The van der Waals surface area contributed by atoms with Gasteiger partial charge in [0.15, 0.2) is 0 Å². The summed E-state index contributed by atoms with van der Waals surface area (Å²) in [5.74, 6) is 0. The van der Waals surface area contributed by atoms with E-state index in [0.29, 0.717) is 6.04 Å². The van der Waals surface area contributed by atoms with Gasteiger partial charge in [-0.05, 0) is 32.7 Å². The topological polar surface area (TPSA) is 29.9 Å². The quantitative estimate of drug-likeness (QED) is 0.832. The van der Waals surface area contributed by atoms with Gasteiger partial charge >= 0.3 is 0 Å². The van der Waals surface area contributed by atoms with Gasteiger partial charge in [0.05, 0.1) is 16.4 Å². The molecule has 1 aromatic heterocycles. The fraction of sp³-hybridized carbons (Fsp3) is 0.750. The van der Waals surface area contributed by atoms with E-state index < -0.39 is 0 Å². The Morgan fingerprint density at radius 3 is 2.62 bits per heavy atom. The minimum Gasteiger partial charge on any atom is -0.315 e. The van der Waals surface area contributed by atoms with Crippen molar-refractivity contribution < 1.29 is 0 Å². The monoisotopic (exact) mass is 243 g/mol.